The van der Waals surface area contributed by atoms with E-state index < -0.39 is 9.84 Å². The van der Waals surface area contributed by atoms with Crippen LogP contribution in [-0.4, -0.2) is 38.9 Å². The lowest BCUT2D eigenvalue weighted by molar-refractivity contribution is 0.0963. The van der Waals surface area contributed by atoms with Crippen LogP contribution in [0.4, 0.5) is 5.69 Å². The van der Waals surface area contributed by atoms with Crippen molar-refractivity contribution in [2.45, 2.75) is 25.8 Å². The molecule has 0 saturated carbocycles. The SMILES string of the molecule is CNC(=O)c1ccc(NC2CCS(=O)(=O)CC2)c(C)c1. The number of hydrogen-bond donors (Lipinski definition) is 2. The summed E-state index contributed by atoms with van der Waals surface area (Å²) in [6.45, 7) is 1.94. The second kappa shape index (κ2) is 5.83. The third-order valence-electron chi connectivity index (χ3n) is 3.63. The van der Waals surface area contributed by atoms with E-state index in [0.717, 1.165) is 11.3 Å². The molecule has 20 heavy (non-hydrogen) atoms. The van der Waals surface area contributed by atoms with Crippen molar-refractivity contribution < 1.29 is 13.2 Å². The fourth-order valence-corrected chi connectivity index (χ4v) is 3.86. The number of sulfone groups is 1. The zero-order chi connectivity index (χ0) is 14.8. The fraction of sp³-hybridized carbons (Fsp3) is 0.500. The molecule has 6 heteroatoms. The average Bonchev–Trinajstić information content (AvgIpc) is 2.42. The molecule has 2 rings (SSSR count). The number of benzene rings is 1. The molecule has 1 aliphatic heterocycles. The minimum Gasteiger partial charge on any atom is -0.382 e. The van der Waals surface area contributed by atoms with Crippen LogP contribution in [0.3, 0.4) is 0 Å². The Morgan fingerprint density at radius 3 is 2.45 bits per heavy atom. The molecule has 1 fully saturated rings. The highest BCUT2D eigenvalue weighted by Gasteiger charge is 2.23. The van der Waals surface area contributed by atoms with Gasteiger partial charge in [0.05, 0.1) is 11.5 Å². The molecule has 0 spiro atoms. The van der Waals surface area contributed by atoms with E-state index >= 15 is 0 Å². The van der Waals surface area contributed by atoms with Crippen LogP contribution in [0, 0.1) is 6.92 Å². The first-order valence-corrected chi connectivity index (χ1v) is 8.53. The number of amides is 1. The van der Waals surface area contributed by atoms with Crippen LogP contribution >= 0.6 is 0 Å². The molecular formula is C14H20N2O3S. The minimum absolute atomic E-state index is 0.108. The van der Waals surface area contributed by atoms with Crippen LogP contribution in [0.5, 0.6) is 0 Å². The van der Waals surface area contributed by atoms with Crippen LogP contribution in [0.2, 0.25) is 0 Å². The summed E-state index contributed by atoms with van der Waals surface area (Å²) in [5, 5.41) is 5.97. The van der Waals surface area contributed by atoms with Crippen LogP contribution < -0.4 is 10.6 Å². The second-order valence-electron chi connectivity index (χ2n) is 5.18. The van der Waals surface area contributed by atoms with Gasteiger partial charge in [-0.25, -0.2) is 8.42 Å². The Kier molecular flexibility index (Phi) is 4.32. The first kappa shape index (κ1) is 14.8. The number of hydrogen-bond acceptors (Lipinski definition) is 4. The summed E-state index contributed by atoms with van der Waals surface area (Å²) < 4.78 is 22.8. The van der Waals surface area contributed by atoms with Gasteiger partial charge in [0.15, 0.2) is 0 Å². The highest BCUT2D eigenvalue weighted by molar-refractivity contribution is 7.91. The Labute approximate surface area is 119 Å². The molecule has 0 atom stereocenters. The topological polar surface area (TPSA) is 75.3 Å². The van der Waals surface area contributed by atoms with E-state index in [4.69, 9.17) is 0 Å². The Hall–Kier alpha value is -1.56. The predicted octanol–water partition coefficient (Wildman–Crippen LogP) is 1.34. The smallest absolute Gasteiger partial charge is 0.251 e. The molecule has 0 bridgehead atoms. The quantitative estimate of drug-likeness (QED) is 0.882. The lowest BCUT2D eigenvalue weighted by Gasteiger charge is -2.25. The van der Waals surface area contributed by atoms with Gasteiger partial charge in [0.1, 0.15) is 9.84 Å². The molecule has 0 aromatic heterocycles. The normalized spacial score (nSPS) is 18.5. The molecular weight excluding hydrogens is 276 g/mol. The molecule has 1 heterocycles. The molecule has 0 aliphatic carbocycles. The molecule has 1 aliphatic rings. The third-order valence-corrected chi connectivity index (χ3v) is 5.35. The zero-order valence-electron chi connectivity index (χ0n) is 11.8. The van der Waals surface area contributed by atoms with Crippen LogP contribution in [-0.2, 0) is 9.84 Å². The van der Waals surface area contributed by atoms with Gasteiger partial charge in [0.2, 0.25) is 0 Å². The van der Waals surface area contributed by atoms with Gasteiger partial charge in [-0.15, -0.1) is 0 Å². The fourth-order valence-electron chi connectivity index (χ4n) is 2.37. The number of nitrogens with one attached hydrogen (secondary N) is 2. The molecule has 1 amide bonds. The molecule has 5 nitrogen and oxygen atoms in total. The van der Waals surface area contributed by atoms with Gasteiger partial charge >= 0.3 is 0 Å². The first-order chi connectivity index (χ1) is 9.41. The summed E-state index contributed by atoms with van der Waals surface area (Å²) in [6, 6.07) is 5.67. The monoisotopic (exact) mass is 296 g/mol. The Morgan fingerprint density at radius 1 is 1.25 bits per heavy atom. The predicted molar refractivity (Wildman–Crippen MR) is 79.9 cm³/mol. The Bertz CT molecular complexity index is 597. The van der Waals surface area contributed by atoms with Crippen molar-refractivity contribution in [1.82, 2.24) is 5.32 Å². The Morgan fingerprint density at radius 2 is 1.90 bits per heavy atom. The molecule has 2 N–H and O–H groups in total. The van der Waals surface area contributed by atoms with E-state index in [1.807, 2.05) is 19.1 Å². The maximum atomic E-state index is 11.5. The van der Waals surface area contributed by atoms with Crippen LogP contribution in [0.1, 0.15) is 28.8 Å². The van der Waals surface area contributed by atoms with E-state index in [-0.39, 0.29) is 23.5 Å². The van der Waals surface area contributed by atoms with Crippen molar-refractivity contribution in [3.63, 3.8) is 0 Å². The standard InChI is InChI=1S/C14H20N2O3S/c1-10-9-11(14(17)15-2)3-4-13(10)16-12-5-7-20(18,19)8-6-12/h3-4,9,12,16H,5-8H2,1-2H3,(H,15,17). The van der Waals surface area contributed by atoms with Gasteiger partial charge in [-0.2, -0.15) is 0 Å². The second-order valence-corrected chi connectivity index (χ2v) is 7.48. The van der Waals surface area contributed by atoms with Crippen molar-refractivity contribution in [3.05, 3.63) is 29.3 Å². The summed E-state index contributed by atoms with van der Waals surface area (Å²) in [5.41, 5.74) is 2.57. The van der Waals surface area contributed by atoms with Gasteiger partial charge in [-0.3, -0.25) is 4.79 Å². The summed E-state index contributed by atoms with van der Waals surface area (Å²) in [7, 11) is -1.23. The van der Waals surface area contributed by atoms with E-state index in [1.165, 1.54) is 0 Å². The van der Waals surface area contributed by atoms with Gasteiger partial charge in [0, 0.05) is 24.3 Å². The van der Waals surface area contributed by atoms with Crippen molar-refractivity contribution >= 4 is 21.4 Å². The molecule has 110 valence electrons. The number of rotatable bonds is 3. The lowest BCUT2D eigenvalue weighted by atomic mass is 10.1. The van der Waals surface area contributed by atoms with E-state index in [9.17, 15) is 13.2 Å². The maximum absolute atomic E-state index is 11.5. The summed E-state index contributed by atoms with van der Waals surface area (Å²) in [5.74, 6) is 0.392. The van der Waals surface area contributed by atoms with Gasteiger partial charge in [0.25, 0.3) is 5.91 Å². The lowest BCUT2D eigenvalue weighted by Crippen LogP contribution is -2.32. The molecule has 0 unspecified atom stereocenters. The van der Waals surface area contributed by atoms with Crippen molar-refractivity contribution in [3.8, 4) is 0 Å². The van der Waals surface area contributed by atoms with Gasteiger partial charge in [-0.05, 0) is 43.5 Å². The largest absolute Gasteiger partial charge is 0.382 e. The first-order valence-electron chi connectivity index (χ1n) is 6.71. The van der Waals surface area contributed by atoms with Crippen molar-refractivity contribution in [2.24, 2.45) is 0 Å². The molecule has 1 aromatic carbocycles. The van der Waals surface area contributed by atoms with Crippen LogP contribution in [0.25, 0.3) is 0 Å². The minimum atomic E-state index is -2.83. The molecule has 1 saturated heterocycles. The summed E-state index contributed by atoms with van der Waals surface area (Å²) in [6.07, 6.45) is 1.28. The highest BCUT2D eigenvalue weighted by Crippen LogP contribution is 2.21. The van der Waals surface area contributed by atoms with Gasteiger partial charge in [-0.1, -0.05) is 0 Å². The average molecular weight is 296 g/mol. The number of anilines is 1. The van der Waals surface area contributed by atoms with E-state index in [1.54, 1.807) is 13.1 Å². The summed E-state index contributed by atoms with van der Waals surface area (Å²) >= 11 is 0. The number of carbonyl (C=O) groups excluding carboxylic acids is 1. The Balaban J connectivity index is 2.05. The number of carbonyl (C=O) groups is 1. The van der Waals surface area contributed by atoms with E-state index in [2.05, 4.69) is 10.6 Å². The highest BCUT2D eigenvalue weighted by atomic mass is 32.2. The summed E-state index contributed by atoms with van der Waals surface area (Å²) in [4.78, 5) is 11.5. The zero-order valence-corrected chi connectivity index (χ0v) is 12.6. The molecule has 0 radical (unpaired) electrons. The molecule has 1 aromatic rings. The van der Waals surface area contributed by atoms with Crippen molar-refractivity contribution in [2.75, 3.05) is 23.9 Å². The van der Waals surface area contributed by atoms with E-state index in [0.29, 0.717) is 18.4 Å². The number of aryl methyl sites for hydroxylation is 1. The van der Waals surface area contributed by atoms with Crippen LogP contribution in [0.15, 0.2) is 18.2 Å². The third kappa shape index (κ3) is 3.50. The van der Waals surface area contributed by atoms with Crippen molar-refractivity contribution in [1.29, 1.82) is 0 Å². The van der Waals surface area contributed by atoms with Gasteiger partial charge < -0.3 is 10.6 Å². The maximum Gasteiger partial charge on any atom is 0.251 e.